The molecule has 3 rings (SSSR count). The second-order valence-corrected chi connectivity index (χ2v) is 7.13. The van der Waals surface area contributed by atoms with Crippen LogP contribution in [0.2, 0.25) is 10.0 Å². The van der Waals surface area contributed by atoms with Crippen LogP contribution < -0.4 is 5.43 Å². The largest absolute Gasteiger partial charge is 0.507 e. The van der Waals surface area contributed by atoms with Gasteiger partial charge in [-0.1, -0.05) is 41.0 Å². The highest BCUT2D eigenvalue weighted by Crippen LogP contribution is 2.26. The number of thioether (sulfide) groups is 1. The normalized spacial score (nSPS) is 11.1. The summed E-state index contributed by atoms with van der Waals surface area (Å²) >= 11 is 13.3. The van der Waals surface area contributed by atoms with E-state index in [2.05, 4.69) is 25.7 Å². The zero-order valence-electron chi connectivity index (χ0n) is 14.0. The summed E-state index contributed by atoms with van der Waals surface area (Å²) in [5, 5.41) is 32.6. The molecule has 0 aliphatic carbocycles. The second kappa shape index (κ2) is 8.91. The van der Waals surface area contributed by atoms with Crippen molar-refractivity contribution >= 4 is 52.8 Å². The summed E-state index contributed by atoms with van der Waals surface area (Å²) in [6.07, 6.45) is 1.24. The molecule has 144 valence electrons. The molecule has 28 heavy (non-hydrogen) atoms. The molecule has 0 fully saturated rings. The summed E-state index contributed by atoms with van der Waals surface area (Å²) in [4.78, 5) is 14.4. The van der Waals surface area contributed by atoms with Gasteiger partial charge >= 0.3 is 0 Å². The molecule has 3 N–H and O–H groups in total. The van der Waals surface area contributed by atoms with Crippen LogP contribution in [-0.2, 0) is 5.75 Å². The third-order valence-electron chi connectivity index (χ3n) is 3.41. The SMILES string of the molecule is O=[N+]([O-])c1ccc(O)c(/C=N\Nc2nc(SCc3ccc(Cl)c(Cl)c3)n[nH]2)c1. The number of benzene rings is 2. The van der Waals surface area contributed by atoms with Gasteiger partial charge in [0.05, 0.1) is 21.2 Å². The number of phenols is 1. The maximum absolute atomic E-state index is 10.8. The third-order valence-corrected chi connectivity index (χ3v) is 5.07. The van der Waals surface area contributed by atoms with Crippen LogP contribution in [0.5, 0.6) is 5.75 Å². The maximum Gasteiger partial charge on any atom is 0.270 e. The molecule has 0 atom stereocenters. The first-order chi connectivity index (χ1) is 13.4. The van der Waals surface area contributed by atoms with Crippen LogP contribution in [0.3, 0.4) is 0 Å². The van der Waals surface area contributed by atoms with Crippen molar-refractivity contribution in [1.29, 1.82) is 0 Å². The number of aromatic amines is 1. The molecular weight excluding hydrogens is 427 g/mol. The molecular formula is C16H12Cl2N6O3S. The molecule has 0 amide bonds. The predicted molar refractivity (Wildman–Crippen MR) is 108 cm³/mol. The molecule has 1 heterocycles. The summed E-state index contributed by atoms with van der Waals surface area (Å²) < 4.78 is 0. The van der Waals surface area contributed by atoms with Crippen molar-refractivity contribution in [2.75, 3.05) is 5.43 Å². The van der Waals surface area contributed by atoms with Crippen molar-refractivity contribution in [3.63, 3.8) is 0 Å². The first kappa shape index (κ1) is 19.9. The standard InChI is InChI=1S/C16H12Cl2N6O3S/c17-12-3-1-9(5-13(12)18)8-28-16-20-15(22-23-16)21-19-7-10-6-11(24(26)27)2-4-14(10)25/h1-7,25H,8H2,(H2,20,21,22,23)/b19-7-. The Morgan fingerprint density at radius 3 is 2.86 bits per heavy atom. The number of non-ortho nitro benzene ring substituents is 1. The predicted octanol–water partition coefficient (Wildman–Crippen LogP) is 4.46. The second-order valence-electron chi connectivity index (χ2n) is 5.37. The van der Waals surface area contributed by atoms with Crippen molar-refractivity contribution in [2.24, 2.45) is 5.10 Å². The number of nitro groups is 1. The lowest BCUT2D eigenvalue weighted by atomic mass is 10.2. The number of nitro benzene ring substituents is 1. The summed E-state index contributed by atoms with van der Waals surface area (Å²) in [7, 11) is 0. The fraction of sp³-hybridized carbons (Fsp3) is 0.0625. The van der Waals surface area contributed by atoms with Crippen LogP contribution >= 0.6 is 35.0 Å². The number of rotatable bonds is 7. The van der Waals surface area contributed by atoms with E-state index in [0.717, 1.165) is 5.56 Å². The van der Waals surface area contributed by atoms with Crippen molar-refractivity contribution in [3.05, 3.63) is 67.7 Å². The number of H-pyrrole nitrogens is 1. The molecule has 0 spiro atoms. The fourth-order valence-electron chi connectivity index (χ4n) is 2.06. The van der Waals surface area contributed by atoms with Gasteiger partial charge in [-0.3, -0.25) is 10.1 Å². The van der Waals surface area contributed by atoms with E-state index >= 15 is 0 Å². The van der Waals surface area contributed by atoms with Gasteiger partial charge in [0.2, 0.25) is 11.1 Å². The minimum absolute atomic E-state index is 0.133. The van der Waals surface area contributed by atoms with E-state index in [4.69, 9.17) is 23.2 Å². The van der Waals surface area contributed by atoms with Crippen LogP contribution in [-0.4, -0.2) is 31.4 Å². The lowest BCUT2D eigenvalue weighted by Crippen LogP contribution is -1.94. The average Bonchev–Trinajstić information content (AvgIpc) is 3.12. The number of nitrogens with one attached hydrogen (secondary N) is 2. The van der Waals surface area contributed by atoms with Crippen LogP contribution in [0.4, 0.5) is 11.6 Å². The lowest BCUT2D eigenvalue weighted by molar-refractivity contribution is -0.384. The van der Waals surface area contributed by atoms with E-state index in [-0.39, 0.29) is 22.9 Å². The molecule has 0 radical (unpaired) electrons. The molecule has 9 nitrogen and oxygen atoms in total. The highest BCUT2D eigenvalue weighted by atomic mass is 35.5. The van der Waals surface area contributed by atoms with Gasteiger partial charge in [-0.05, 0) is 23.8 Å². The number of aromatic nitrogens is 3. The number of aromatic hydroxyl groups is 1. The highest BCUT2D eigenvalue weighted by Gasteiger charge is 2.09. The maximum atomic E-state index is 10.8. The number of hydrogen-bond donors (Lipinski definition) is 3. The number of phenolic OH excluding ortho intramolecular Hbond substituents is 1. The first-order valence-electron chi connectivity index (χ1n) is 7.68. The Morgan fingerprint density at radius 1 is 1.29 bits per heavy atom. The minimum atomic E-state index is -0.558. The van der Waals surface area contributed by atoms with Gasteiger partial charge in [-0.15, -0.1) is 5.10 Å². The Balaban J connectivity index is 1.59. The molecule has 0 bridgehead atoms. The monoisotopic (exact) mass is 438 g/mol. The van der Waals surface area contributed by atoms with Crippen LogP contribution in [0, 0.1) is 10.1 Å². The van der Waals surface area contributed by atoms with E-state index in [1.807, 2.05) is 6.07 Å². The molecule has 1 aromatic heterocycles. The van der Waals surface area contributed by atoms with Gasteiger partial charge in [0.1, 0.15) is 5.75 Å². The summed E-state index contributed by atoms with van der Waals surface area (Å²) in [5.74, 6) is 0.739. The average molecular weight is 439 g/mol. The van der Waals surface area contributed by atoms with E-state index in [9.17, 15) is 15.2 Å². The Kier molecular flexibility index (Phi) is 6.34. The molecule has 0 aliphatic rings. The molecule has 0 saturated heterocycles. The minimum Gasteiger partial charge on any atom is -0.507 e. The van der Waals surface area contributed by atoms with Crippen molar-refractivity contribution < 1.29 is 10.0 Å². The lowest BCUT2D eigenvalue weighted by Gasteiger charge is -2.01. The molecule has 2 aromatic carbocycles. The fourth-order valence-corrected chi connectivity index (χ4v) is 3.12. The number of halogens is 2. The molecule has 0 aliphatic heterocycles. The van der Waals surface area contributed by atoms with Crippen molar-refractivity contribution in [1.82, 2.24) is 15.2 Å². The smallest absolute Gasteiger partial charge is 0.270 e. The Hall–Kier alpha value is -2.82. The molecule has 3 aromatic rings. The van der Waals surface area contributed by atoms with Gasteiger partial charge in [0.25, 0.3) is 5.69 Å². The van der Waals surface area contributed by atoms with Crippen LogP contribution in [0.1, 0.15) is 11.1 Å². The molecule has 0 unspecified atom stereocenters. The zero-order chi connectivity index (χ0) is 20.1. The van der Waals surface area contributed by atoms with Gasteiger partial charge in [-0.25, -0.2) is 10.5 Å². The molecule has 12 heteroatoms. The van der Waals surface area contributed by atoms with Gasteiger partial charge in [-0.2, -0.15) is 10.1 Å². The van der Waals surface area contributed by atoms with Gasteiger partial charge in [0, 0.05) is 23.4 Å². The number of nitrogens with zero attached hydrogens (tertiary/aromatic N) is 4. The van der Waals surface area contributed by atoms with Crippen LogP contribution in [0.15, 0.2) is 46.7 Å². The quantitative estimate of drug-likeness (QED) is 0.214. The van der Waals surface area contributed by atoms with E-state index in [0.29, 0.717) is 21.0 Å². The van der Waals surface area contributed by atoms with E-state index < -0.39 is 4.92 Å². The number of anilines is 1. The topological polar surface area (TPSA) is 129 Å². The first-order valence-corrected chi connectivity index (χ1v) is 9.42. The third kappa shape index (κ3) is 5.12. The summed E-state index contributed by atoms with van der Waals surface area (Å²) in [6, 6.07) is 9.00. The van der Waals surface area contributed by atoms with Crippen LogP contribution in [0.25, 0.3) is 0 Å². The number of hydrazone groups is 1. The summed E-state index contributed by atoms with van der Waals surface area (Å²) in [6.45, 7) is 0. The summed E-state index contributed by atoms with van der Waals surface area (Å²) in [5.41, 5.74) is 3.62. The van der Waals surface area contributed by atoms with Crippen molar-refractivity contribution in [3.8, 4) is 5.75 Å². The Morgan fingerprint density at radius 2 is 2.11 bits per heavy atom. The molecule has 0 saturated carbocycles. The van der Waals surface area contributed by atoms with Gasteiger partial charge < -0.3 is 5.11 Å². The van der Waals surface area contributed by atoms with Crippen molar-refractivity contribution in [2.45, 2.75) is 10.9 Å². The number of hydrogen-bond acceptors (Lipinski definition) is 8. The van der Waals surface area contributed by atoms with Gasteiger partial charge in [0.15, 0.2) is 0 Å². The Bertz CT molecular complexity index is 1040. The Labute approximate surface area is 172 Å². The highest BCUT2D eigenvalue weighted by molar-refractivity contribution is 7.98. The van der Waals surface area contributed by atoms with E-state index in [1.165, 1.54) is 36.2 Å². The van der Waals surface area contributed by atoms with E-state index in [1.54, 1.807) is 12.1 Å². The zero-order valence-corrected chi connectivity index (χ0v) is 16.3.